The maximum atomic E-state index is 10.2. The SMILES string of the molecule is COc1cc(CN(C)Cc2cc(C)on2)ccc1OC[C@@H](O)CN1CCCC1. The number of aromatic nitrogens is 1. The molecule has 1 N–H and O–H groups in total. The molecule has 0 saturated carbocycles. The van der Waals surface area contributed by atoms with E-state index in [-0.39, 0.29) is 6.61 Å². The fourth-order valence-electron chi connectivity index (χ4n) is 3.57. The van der Waals surface area contributed by atoms with E-state index in [2.05, 4.69) is 15.0 Å². The molecule has 1 aromatic heterocycles. The zero-order chi connectivity index (χ0) is 19.9. The average Bonchev–Trinajstić information content (AvgIpc) is 3.32. The molecular weight excluding hydrogens is 358 g/mol. The molecule has 0 spiro atoms. The fraction of sp³-hybridized carbons (Fsp3) is 0.571. The maximum absolute atomic E-state index is 10.2. The number of rotatable bonds is 10. The predicted molar refractivity (Wildman–Crippen MR) is 107 cm³/mol. The smallest absolute Gasteiger partial charge is 0.161 e. The van der Waals surface area contributed by atoms with E-state index in [9.17, 15) is 5.11 Å². The molecule has 0 unspecified atom stereocenters. The minimum atomic E-state index is -0.500. The maximum Gasteiger partial charge on any atom is 0.161 e. The molecule has 0 bridgehead atoms. The van der Waals surface area contributed by atoms with Crippen LogP contribution >= 0.6 is 0 Å². The van der Waals surface area contributed by atoms with Gasteiger partial charge in [-0.25, -0.2) is 0 Å². The van der Waals surface area contributed by atoms with Gasteiger partial charge in [-0.15, -0.1) is 0 Å². The van der Waals surface area contributed by atoms with Crippen molar-refractivity contribution in [1.29, 1.82) is 0 Å². The van der Waals surface area contributed by atoms with E-state index in [4.69, 9.17) is 14.0 Å². The van der Waals surface area contributed by atoms with Crippen LogP contribution in [0.2, 0.25) is 0 Å². The normalized spacial score (nSPS) is 15.9. The highest BCUT2D eigenvalue weighted by molar-refractivity contribution is 5.43. The van der Waals surface area contributed by atoms with Crippen LogP contribution in [0.4, 0.5) is 0 Å². The number of ether oxygens (including phenoxy) is 2. The summed E-state index contributed by atoms with van der Waals surface area (Å²) in [6, 6.07) is 7.86. The van der Waals surface area contributed by atoms with E-state index in [0.29, 0.717) is 24.6 Å². The van der Waals surface area contributed by atoms with Gasteiger partial charge in [0, 0.05) is 25.7 Å². The highest BCUT2D eigenvalue weighted by atomic mass is 16.5. The predicted octanol–water partition coefficient (Wildman–Crippen LogP) is 2.46. The van der Waals surface area contributed by atoms with Crippen LogP contribution in [0.15, 0.2) is 28.8 Å². The van der Waals surface area contributed by atoms with E-state index < -0.39 is 6.10 Å². The van der Waals surface area contributed by atoms with Crippen LogP contribution in [0.3, 0.4) is 0 Å². The molecule has 7 nitrogen and oxygen atoms in total. The molecule has 1 fully saturated rings. The Balaban J connectivity index is 1.52. The molecule has 1 aromatic carbocycles. The Morgan fingerprint density at radius 2 is 2.00 bits per heavy atom. The average molecular weight is 389 g/mol. The lowest BCUT2D eigenvalue weighted by atomic mass is 10.2. The summed E-state index contributed by atoms with van der Waals surface area (Å²) in [7, 11) is 3.67. The van der Waals surface area contributed by atoms with Gasteiger partial charge in [0.15, 0.2) is 11.5 Å². The summed E-state index contributed by atoms with van der Waals surface area (Å²) in [6.07, 6.45) is 1.93. The van der Waals surface area contributed by atoms with Crippen LogP contribution in [-0.4, -0.2) is 66.6 Å². The molecule has 1 saturated heterocycles. The number of aliphatic hydroxyl groups excluding tert-OH is 1. The first-order valence-electron chi connectivity index (χ1n) is 9.84. The van der Waals surface area contributed by atoms with E-state index in [1.807, 2.05) is 38.2 Å². The van der Waals surface area contributed by atoms with Gasteiger partial charge in [-0.05, 0) is 57.6 Å². The molecule has 3 rings (SSSR count). The van der Waals surface area contributed by atoms with Gasteiger partial charge in [-0.2, -0.15) is 0 Å². The Kier molecular flexibility index (Phi) is 7.30. The second kappa shape index (κ2) is 9.91. The van der Waals surface area contributed by atoms with Crippen LogP contribution < -0.4 is 9.47 Å². The number of aliphatic hydroxyl groups is 1. The van der Waals surface area contributed by atoms with Crippen molar-refractivity contribution in [3.8, 4) is 11.5 Å². The Hall–Kier alpha value is -2.09. The summed E-state index contributed by atoms with van der Waals surface area (Å²) in [5.74, 6) is 2.15. The van der Waals surface area contributed by atoms with Crippen LogP contribution in [0.1, 0.15) is 29.9 Å². The molecule has 28 heavy (non-hydrogen) atoms. The van der Waals surface area contributed by atoms with Gasteiger partial charge in [-0.1, -0.05) is 11.2 Å². The number of methoxy groups -OCH3 is 1. The van der Waals surface area contributed by atoms with Crippen LogP contribution in [0.5, 0.6) is 11.5 Å². The summed E-state index contributed by atoms with van der Waals surface area (Å²) < 4.78 is 16.4. The first kappa shape index (κ1) is 20.6. The van der Waals surface area contributed by atoms with Gasteiger partial charge < -0.3 is 24.0 Å². The third-order valence-corrected chi connectivity index (χ3v) is 4.89. The third-order valence-electron chi connectivity index (χ3n) is 4.89. The van der Waals surface area contributed by atoms with E-state index in [1.165, 1.54) is 12.8 Å². The van der Waals surface area contributed by atoms with Crippen molar-refractivity contribution < 1.29 is 19.1 Å². The van der Waals surface area contributed by atoms with Crippen LogP contribution in [-0.2, 0) is 13.1 Å². The largest absolute Gasteiger partial charge is 0.493 e. The highest BCUT2D eigenvalue weighted by Crippen LogP contribution is 2.29. The number of nitrogens with zero attached hydrogens (tertiary/aromatic N) is 3. The van der Waals surface area contributed by atoms with Crippen molar-refractivity contribution in [2.24, 2.45) is 0 Å². The van der Waals surface area contributed by atoms with Gasteiger partial charge in [0.1, 0.15) is 18.5 Å². The Labute approximate surface area is 166 Å². The number of hydrogen-bond acceptors (Lipinski definition) is 7. The van der Waals surface area contributed by atoms with Crippen molar-refractivity contribution in [2.75, 3.05) is 40.4 Å². The molecule has 1 aliphatic heterocycles. The Morgan fingerprint density at radius 3 is 2.68 bits per heavy atom. The minimum Gasteiger partial charge on any atom is -0.493 e. The third kappa shape index (κ3) is 5.95. The quantitative estimate of drug-likeness (QED) is 0.669. The summed E-state index contributed by atoms with van der Waals surface area (Å²) in [4.78, 5) is 4.44. The second-order valence-electron chi connectivity index (χ2n) is 7.56. The molecule has 0 radical (unpaired) electrons. The molecule has 1 aliphatic rings. The molecule has 2 heterocycles. The lowest BCUT2D eigenvalue weighted by Gasteiger charge is -2.20. The van der Waals surface area contributed by atoms with Gasteiger partial charge in [0.2, 0.25) is 0 Å². The molecule has 0 aliphatic carbocycles. The van der Waals surface area contributed by atoms with Crippen molar-refractivity contribution in [2.45, 2.75) is 39.0 Å². The Morgan fingerprint density at radius 1 is 1.21 bits per heavy atom. The lowest BCUT2D eigenvalue weighted by Crippen LogP contribution is -2.33. The standard InChI is InChI=1S/C21H31N3O4/c1-16-10-18(22-28-16)13-23(2)12-17-6-7-20(21(11-17)26-3)27-15-19(25)14-24-8-4-5-9-24/h6-7,10-11,19,25H,4-5,8-9,12-15H2,1-3H3/t19-/m0/s1. The Bertz CT molecular complexity index is 743. The van der Waals surface area contributed by atoms with Crippen molar-refractivity contribution in [3.05, 3.63) is 41.3 Å². The first-order valence-corrected chi connectivity index (χ1v) is 9.84. The van der Waals surface area contributed by atoms with Crippen molar-refractivity contribution in [1.82, 2.24) is 15.0 Å². The number of aryl methyl sites for hydroxylation is 1. The minimum absolute atomic E-state index is 0.262. The van der Waals surface area contributed by atoms with Crippen LogP contribution in [0.25, 0.3) is 0 Å². The molecular formula is C21H31N3O4. The first-order chi connectivity index (χ1) is 13.5. The zero-order valence-electron chi connectivity index (χ0n) is 17.1. The van der Waals surface area contributed by atoms with Gasteiger partial charge >= 0.3 is 0 Å². The van der Waals surface area contributed by atoms with Crippen molar-refractivity contribution in [3.63, 3.8) is 0 Å². The number of benzene rings is 1. The molecule has 0 amide bonds. The van der Waals surface area contributed by atoms with Crippen molar-refractivity contribution >= 4 is 0 Å². The van der Waals surface area contributed by atoms with E-state index >= 15 is 0 Å². The number of β-amino-alcohol motifs (C(OH)–C–C–N with tert-alkyl or cyclic N) is 1. The van der Waals surface area contributed by atoms with E-state index in [0.717, 1.165) is 36.7 Å². The van der Waals surface area contributed by atoms with Gasteiger partial charge in [0.05, 0.1) is 12.8 Å². The van der Waals surface area contributed by atoms with Gasteiger partial charge in [-0.3, -0.25) is 4.90 Å². The highest BCUT2D eigenvalue weighted by Gasteiger charge is 2.17. The summed E-state index contributed by atoms with van der Waals surface area (Å²) in [5.41, 5.74) is 2.03. The second-order valence-corrected chi connectivity index (χ2v) is 7.56. The fourth-order valence-corrected chi connectivity index (χ4v) is 3.57. The van der Waals surface area contributed by atoms with Crippen LogP contribution in [0, 0.1) is 6.92 Å². The summed E-state index contributed by atoms with van der Waals surface area (Å²) in [5, 5.41) is 14.3. The monoisotopic (exact) mass is 389 g/mol. The number of likely N-dealkylation sites (tertiary alicyclic amines) is 1. The van der Waals surface area contributed by atoms with Gasteiger partial charge in [0.25, 0.3) is 0 Å². The summed E-state index contributed by atoms with van der Waals surface area (Å²) in [6.45, 7) is 6.40. The summed E-state index contributed by atoms with van der Waals surface area (Å²) >= 11 is 0. The number of hydrogen-bond donors (Lipinski definition) is 1. The molecule has 2 aromatic rings. The molecule has 7 heteroatoms. The lowest BCUT2D eigenvalue weighted by molar-refractivity contribution is 0.0747. The topological polar surface area (TPSA) is 71.2 Å². The molecule has 154 valence electrons. The van der Waals surface area contributed by atoms with E-state index in [1.54, 1.807) is 7.11 Å². The molecule has 1 atom stereocenters. The zero-order valence-corrected chi connectivity index (χ0v) is 17.1.